The van der Waals surface area contributed by atoms with E-state index in [2.05, 4.69) is 0 Å². The highest BCUT2D eigenvalue weighted by molar-refractivity contribution is 5.75. The quantitative estimate of drug-likeness (QED) is 0.835. The van der Waals surface area contributed by atoms with E-state index in [1.165, 1.54) is 13.2 Å². The van der Waals surface area contributed by atoms with Crippen molar-refractivity contribution in [3.05, 3.63) is 29.6 Å². The van der Waals surface area contributed by atoms with Crippen LogP contribution in [-0.4, -0.2) is 31.0 Å². The fourth-order valence-electron chi connectivity index (χ4n) is 1.94. The highest BCUT2D eigenvalue weighted by atomic mass is 19.1. The lowest BCUT2D eigenvalue weighted by Gasteiger charge is -2.18. The molecular formula is C15H23FN2O2. The minimum absolute atomic E-state index is 0.0434. The van der Waals surface area contributed by atoms with Crippen LogP contribution in [0.4, 0.5) is 4.39 Å². The summed E-state index contributed by atoms with van der Waals surface area (Å²) in [5.74, 6) is -0.163. The van der Waals surface area contributed by atoms with E-state index in [0.717, 1.165) is 18.4 Å². The summed E-state index contributed by atoms with van der Waals surface area (Å²) in [4.78, 5) is 13.5. The van der Waals surface area contributed by atoms with E-state index in [-0.39, 0.29) is 17.7 Å². The largest absolute Gasteiger partial charge is 0.494 e. The van der Waals surface area contributed by atoms with Gasteiger partial charge in [0.25, 0.3) is 0 Å². The highest BCUT2D eigenvalue weighted by Crippen LogP contribution is 2.18. The molecule has 0 bridgehead atoms. The lowest BCUT2D eigenvalue weighted by molar-refractivity contribution is -0.130. The van der Waals surface area contributed by atoms with Crippen molar-refractivity contribution in [2.24, 2.45) is 5.73 Å². The van der Waals surface area contributed by atoms with Gasteiger partial charge in [0, 0.05) is 26.1 Å². The van der Waals surface area contributed by atoms with Crippen LogP contribution < -0.4 is 10.5 Å². The predicted molar refractivity (Wildman–Crippen MR) is 76.9 cm³/mol. The van der Waals surface area contributed by atoms with Gasteiger partial charge >= 0.3 is 0 Å². The molecule has 5 heteroatoms. The Balaban J connectivity index is 2.50. The van der Waals surface area contributed by atoms with Crippen molar-refractivity contribution in [1.82, 2.24) is 4.90 Å². The average Bonchev–Trinajstić information content (AvgIpc) is 2.38. The molecule has 0 aliphatic heterocycles. The van der Waals surface area contributed by atoms with Gasteiger partial charge in [-0.05, 0) is 37.5 Å². The maximum absolute atomic E-state index is 13.6. The number of nitrogens with zero attached hydrogens (tertiary/aromatic N) is 1. The second-order valence-electron chi connectivity index (χ2n) is 5.09. The normalized spacial score (nSPS) is 12.1. The van der Waals surface area contributed by atoms with Gasteiger partial charge in [-0.15, -0.1) is 0 Å². The molecule has 20 heavy (non-hydrogen) atoms. The number of carbonyl (C=O) groups is 1. The van der Waals surface area contributed by atoms with Crippen molar-refractivity contribution in [1.29, 1.82) is 0 Å². The van der Waals surface area contributed by atoms with Crippen molar-refractivity contribution in [3.63, 3.8) is 0 Å². The first kappa shape index (κ1) is 16.4. The number of hydrogen-bond donors (Lipinski definition) is 1. The Morgan fingerprint density at radius 3 is 2.75 bits per heavy atom. The molecule has 0 aromatic heterocycles. The number of hydrogen-bond acceptors (Lipinski definition) is 3. The SMILES string of the molecule is COc1ccc(CN(C)C(=O)CCCC(C)N)cc1F. The van der Waals surface area contributed by atoms with Crippen molar-refractivity contribution < 1.29 is 13.9 Å². The summed E-state index contributed by atoms with van der Waals surface area (Å²) in [6.45, 7) is 2.31. The Hall–Kier alpha value is -1.62. The van der Waals surface area contributed by atoms with Crippen LogP contribution >= 0.6 is 0 Å². The molecule has 1 unspecified atom stereocenters. The molecular weight excluding hydrogens is 259 g/mol. The zero-order valence-electron chi connectivity index (χ0n) is 12.4. The van der Waals surface area contributed by atoms with E-state index in [1.54, 1.807) is 24.1 Å². The lowest BCUT2D eigenvalue weighted by atomic mass is 10.1. The van der Waals surface area contributed by atoms with E-state index >= 15 is 0 Å². The number of halogens is 1. The predicted octanol–water partition coefficient (Wildman–Crippen LogP) is 2.31. The van der Waals surface area contributed by atoms with E-state index in [9.17, 15) is 9.18 Å². The van der Waals surface area contributed by atoms with Gasteiger partial charge < -0.3 is 15.4 Å². The number of rotatable bonds is 7. The number of amides is 1. The standard InChI is InChI=1S/C15H23FN2O2/c1-11(17)5-4-6-15(19)18(2)10-12-7-8-14(20-3)13(16)9-12/h7-9,11H,4-6,10,17H2,1-3H3. The molecule has 4 nitrogen and oxygen atoms in total. The Kier molecular flexibility index (Phi) is 6.45. The highest BCUT2D eigenvalue weighted by Gasteiger charge is 2.11. The van der Waals surface area contributed by atoms with Crippen LogP contribution in [0.25, 0.3) is 0 Å². The van der Waals surface area contributed by atoms with Gasteiger partial charge in [-0.2, -0.15) is 0 Å². The fourth-order valence-corrected chi connectivity index (χ4v) is 1.94. The summed E-state index contributed by atoms with van der Waals surface area (Å²) in [5, 5.41) is 0. The first-order chi connectivity index (χ1) is 9.43. The number of carbonyl (C=O) groups excluding carboxylic acids is 1. The zero-order valence-corrected chi connectivity index (χ0v) is 12.4. The molecule has 1 rings (SSSR count). The third kappa shape index (κ3) is 5.17. The molecule has 1 amide bonds. The summed E-state index contributed by atoms with van der Waals surface area (Å²) in [5.41, 5.74) is 6.39. The van der Waals surface area contributed by atoms with Crippen LogP contribution in [0.1, 0.15) is 31.7 Å². The fraction of sp³-hybridized carbons (Fsp3) is 0.533. The van der Waals surface area contributed by atoms with Gasteiger partial charge in [-0.25, -0.2) is 4.39 Å². The summed E-state index contributed by atoms with van der Waals surface area (Å²) in [6.07, 6.45) is 2.07. The molecule has 0 fully saturated rings. The van der Waals surface area contributed by atoms with Gasteiger partial charge in [0.15, 0.2) is 11.6 Å². The Bertz CT molecular complexity index is 449. The van der Waals surface area contributed by atoms with Gasteiger partial charge in [0.1, 0.15) is 0 Å². The molecule has 1 atom stereocenters. The van der Waals surface area contributed by atoms with Gasteiger partial charge in [0.2, 0.25) is 5.91 Å². The molecule has 0 aliphatic carbocycles. The molecule has 0 radical (unpaired) electrons. The van der Waals surface area contributed by atoms with Gasteiger partial charge in [0.05, 0.1) is 7.11 Å². The average molecular weight is 282 g/mol. The van der Waals surface area contributed by atoms with E-state index in [0.29, 0.717) is 13.0 Å². The molecule has 0 heterocycles. The van der Waals surface area contributed by atoms with Crippen molar-refractivity contribution in [3.8, 4) is 5.75 Å². The monoisotopic (exact) mass is 282 g/mol. The first-order valence-corrected chi connectivity index (χ1v) is 6.76. The van der Waals surface area contributed by atoms with E-state index in [1.807, 2.05) is 6.92 Å². The number of nitrogens with two attached hydrogens (primary N) is 1. The van der Waals surface area contributed by atoms with E-state index < -0.39 is 5.82 Å². The molecule has 2 N–H and O–H groups in total. The first-order valence-electron chi connectivity index (χ1n) is 6.76. The van der Waals surface area contributed by atoms with Crippen LogP contribution in [-0.2, 0) is 11.3 Å². The summed E-state index contributed by atoms with van der Waals surface area (Å²) >= 11 is 0. The Labute approximate surface area is 119 Å². The van der Waals surface area contributed by atoms with Crippen LogP contribution in [0.5, 0.6) is 5.75 Å². The maximum atomic E-state index is 13.6. The minimum atomic E-state index is -0.414. The van der Waals surface area contributed by atoms with Crippen LogP contribution in [0.2, 0.25) is 0 Å². The third-order valence-electron chi connectivity index (χ3n) is 3.11. The number of methoxy groups -OCH3 is 1. The summed E-state index contributed by atoms with van der Waals surface area (Å²) in [7, 11) is 3.14. The molecule has 1 aromatic carbocycles. The Morgan fingerprint density at radius 2 is 2.20 bits per heavy atom. The van der Waals surface area contributed by atoms with Crippen molar-refractivity contribution in [2.45, 2.75) is 38.8 Å². The molecule has 0 aliphatic rings. The van der Waals surface area contributed by atoms with Crippen molar-refractivity contribution in [2.75, 3.05) is 14.2 Å². The molecule has 0 saturated heterocycles. The molecule has 0 spiro atoms. The minimum Gasteiger partial charge on any atom is -0.494 e. The molecule has 1 aromatic rings. The van der Waals surface area contributed by atoms with Gasteiger partial charge in [-0.3, -0.25) is 4.79 Å². The second-order valence-corrected chi connectivity index (χ2v) is 5.09. The summed E-state index contributed by atoms with van der Waals surface area (Å²) in [6, 6.07) is 4.83. The number of ether oxygens (including phenoxy) is 1. The topological polar surface area (TPSA) is 55.6 Å². The van der Waals surface area contributed by atoms with Crippen LogP contribution in [0.3, 0.4) is 0 Å². The smallest absolute Gasteiger partial charge is 0.222 e. The lowest BCUT2D eigenvalue weighted by Crippen LogP contribution is -2.26. The second kappa shape index (κ2) is 7.85. The van der Waals surface area contributed by atoms with Crippen LogP contribution in [0, 0.1) is 5.82 Å². The number of benzene rings is 1. The van der Waals surface area contributed by atoms with Crippen LogP contribution in [0.15, 0.2) is 18.2 Å². The van der Waals surface area contributed by atoms with Crippen molar-refractivity contribution >= 4 is 5.91 Å². The van der Waals surface area contributed by atoms with E-state index in [4.69, 9.17) is 10.5 Å². The zero-order chi connectivity index (χ0) is 15.1. The third-order valence-corrected chi connectivity index (χ3v) is 3.11. The molecule has 112 valence electrons. The maximum Gasteiger partial charge on any atom is 0.222 e. The molecule has 0 saturated carbocycles. The summed E-state index contributed by atoms with van der Waals surface area (Å²) < 4.78 is 18.4. The van der Waals surface area contributed by atoms with Gasteiger partial charge in [-0.1, -0.05) is 6.07 Å². The Morgan fingerprint density at radius 1 is 1.50 bits per heavy atom.